The minimum atomic E-state index is 0.394. The summed E-state index contributed by atoms with van der Waals surface area (Å²) in [5.74, 6) is 7.37. The molecule has 1 aliphatic rings. The van der Waals surface area contributed by atoms with E-state index in [2.05, 4.69) is 12.3 Å². The summed E-state index contributed by atoms with van der Waals surface area (Å²) in [6, 6.07) is 2.42. The third-order valence-corrected chi connectivity index (χ3v) is 4.29. The van der Waals surface area contributed by atoms with Gasteiger partial charge in [0.05, 0.1) is 12.5 Å². The lowest BCUT2D eigenvalue weighted by atomic mass is 9.76. The van der Waals surface area contributed by atoms with Crippen LogP contribution in [0.3, 0.4) is 0 Å². The molecule has 1 aliphatic carbocycles. The van der Waals surface area contributed by atoms with Crippen molar-refractivity contribution in [1.82, 2.24) is 5.43 Å². The molecule has 0 saturated heterocycles. The van der Waals surface area contributed by atoms with Gasteiger partial charge in [-0.1, -0.05) is 26.2 Å². The molecule has 2 rings (SSSR count). The van der Waals surface area contributed by atoms with Crippen LogP contribution in [0.1, 0.15) is 44.6 Å². The molecule has 1 aromatic rings. The maximum Gasteiger partial charge on any atom is 0.0935 e. The van der Waals surface area contributed by atoms with Crippen molar-refractivity contribution in [1.29, 1.82) is 0 Å². The fourth-order valence-corrected chi connectivity index (χ4v) is 3.02. The Kier molecular flexibility index (Phi) is 4.63. The van der Waals surface area contributed by atoms with E-state index in [1.54, 1.807) is 6.26 Å². The number of hydrogen-bond acceptors (Lipinski definition) is 3. The highest BCUT2D eigenvalue weighted by molar-refractivity contribution is 5.08. The summed E-state index contributed by atoms with van der Waals surface area (Å²) >= 11 is 0. The number of nitrogens with two attached hydrogens (primary N) is 1. The Balaban J connectivity index is 1.86. The fourth-order valence-electron chi connectivity index (χ4n) is 3.02. The van der Waals surface area contributed by atoms with Crippen LogP contribution in [0.5, 0.6) is 0 Å². The quantitative estimate of drug-likeness (QED) is 0.610. The number of furan rings is 1. The Labute approximate surface area is 104 Å². The Morgan fingerprint density at radius 2 is 2.18 bits per heavy atom. The first-order valence-electron chi connectivity index (χ1n) is 6.80. The SMILES string of the molecule is CCC1CCC(C(Cc2ccoc2)NN)CC1. The molecular weight excluding hydrogens is 212 g/mol. The van der Waals surface area contributed by atoms with Gasteiger partial charge in [-0.25, -0.2) is 0 Å². The van der Waals surface area contributed by atoms with E-state index in [4.69, 9.17) is 10.3 Å². The third-order valence-electron chi connectivity index (χ3n) is 4.29. The molecule has 1 saturated carbocycles. The Morgan fingerprint density at radius 3 is 2.71 bits per heavy atom. The Morgan fingerprint density at radius 1 is 1.41 bits per heavy atom. The zero-order valence-corrected chi connectivity index (χ0v) is 10.7. The average Bonchev–Trinajstić information content (AvgIpc) is 2.89. The van der Waals surface area contributed by atoms with E-state index in [0.717, 1.165) is 18.3 Å². The van der Waals surface area contributed by atoms with Crippen LogP contribution < -0.4 is 11.3 Å². The lowest BCUT2D eigenvalue weighted by molar-refractivity contribution is 0.217. The van der Waals surface area contributed by atoms with Crippen LogP contribution in [0, 0.1) is 11.8 Å². The molecule has 1 fully saturated rings. The molecule has 0 aromatic carbocycles. The van der Waals surface area contributed by atoms with Gasteiger partial charge in [-0.15, -0.1) is 0 Å². The normalized spacial score (nSPS) is 26.9. The Hall–Kier alpha value is -0.800. The number of hydrogen-bond donors (Lipinski definition) is 2. The van der Waals surface area contributed by atoms with Gasteiger partial charge in [0.15, 0.2) is 0 Å². The smallest absolute Gasteiger partial charge is 0.0935 e. The monoisotopic (exact) mass is 236 g/mol. The van der Waals surface area contributed by atoms with Crippen LogP contribution in [0.25, 0.3) is 0 Å². The molecule has 0 bridgehead atoms. The number of hydrazine groups is 1. The minimum absolute atomic E-state index is 0.394. The van der Waals surface area contributed by atoms with E-state index in [1.165, 1.54) is 37.7 Å². The van der Waals surface area contributed by atoms with E-state index < -0.39 is 0 Å². The molecule has 0 radical (unpaired) electrons. The average molecular weight is 236 g/mol. The van der Waals surface area contributed by atoms with Crippen molar-refractivity contribution in [2.45, 2.75) is 51.5 Å². The Bertz CT molecular complexity index is 302. The molecule has 0 aliphatic heterocycles. The maximum absolute atomic E-state index is 5.71. The van der Waals surface area contributed by atoms with Gasteiger partial charge in [0.2, 0.25) is 0 Å². The van der Waals surface area contributed by atoms with Gasteiger partial charge in [-0.3, -0.25) is 11.3 Å². The molecule has 3 heteroatoms. The van der Waals surface area contributed by atoms with Crippen LogP contribution in [-0.4, -0.2) is 6.04 Å². The van der Waals surface area contributed by atoms with Crippen molar-refractivity contribution < 1.29 is 4.42 Å². The van der Waals surface area contributed by atoms with Crippen LogP contribution in [0.4, 0.5) is 0 Å². The predicted molar refractivity (Wildman–Crippen MR) is 69.3 cm³/mol. The van der Waals surface area contributed by atoms with Crippen molar-refractivity contribution in [3.8, 4) is 0 Å². The van der Waals surface area contributed by atoms with Gasteiger partial charge in [0.1, 0.15) is 0 Å². The molecule has 1 aromatic heterocycles. The molecule has 96 valence electrons. The van der Waals surface area contributed by atoms with Crippen molar-refractivity contribution in [3.63, 3.8) is 0 Å². The zero-order chi connectivity index (χ0) is 12.1. The van der Waals surface area contributed by atoms with Crippen molar-refractivity contribution in [2.75, 3.05) is 0 Å². The molecular formula is C14H24N2O. The standard InChI is InChI=1S/C14H24N2O/c1-2-11-3-5-13(6-4-11)14(16-15)9-12-7-8-17-10-12/h7-8,10-11,13-14,16H,2-6,9,15H2,1H3. The van der Waals surface area contributed by atoms with Gasteiger partial charge in [0.25, 0.3) is 0 Å². The largest absolute Gasteiger partial charge is 0.472 e. The summed E-state index contributed by atoms with van der Waals surface area (Å²) in [6.07, 6.45) is 11.2. The third kappa shape index (κ3) is 3.33. The number of rotatable bonds is 5. The molecule has 17 heavy (non-hydrogen) atoms. The van der Waals surface area contributed by atoms with E-state index in [9.17, 15) is 0 Å². The molecule has 3 N–H and O–H groups in total. The summed E-state index contributed by atoms with van der Waals surface area (Å²) in [7, 11) is 0. The highest BCUT2D eigenvalue weighted by Gasteiger charge is 2.26. The van der Waals surface area contributed by atoms with Crippen molar-refractivity contribution in [3.05, 3.63) is 24.2 Å². The van der Waals surface area contributed by atoms with E-state index in [0.29, 0.717) is 6.04 Å². The molecule has 1 unspecified atom stereocenters. The molecule has 0 spiro atoms. The van der Waals surface area contributed by atoms with Crippen LogP contribution in [0.2, 0.25) is 0 Å². The second-order valence-corrected chi connectivity index (χ2v) is 5.30. The number of nitrogens with one attached hydrogen (secondary N) is 1. The van der Waals surface area contributed by atoms with Gasteiger partial charge >= 0.3 is 0 Å². The maximum atomic E-state index is 5.71. The second-order valence-electron chi connectivity index (χ2n) is 5.30. The lowest BCUT2D eigenvalue weighted by Crippen LogP contribution is -2.43. The summed E-state index contributed by atoms with van der Waals surface area (Å²) in [6.45, 7) is 2.30. The van der Waals surface area contributed by atoms with Gasteiger partial charge in [-0.2, -0.15) is 0 Å². The highest BCUT2D eigenvalue weighted by atomic mass is 16.3. The van der Waals surface area contributed by atoms with Crippen LogP contribution in [0.15, 0.2) is 23.0 Å². The highest BCUT2D eigenvalue weighted by Crippen LogP contribution is 2.33. The lowest BCUT2D eigenvalue weighted by Gasteiger charge is -2.33. The molecule has 0 amide bonds. The van der Waals surface area contributed by atoms with Gasteiger partial charge < -0.3 is 4.42 Å². The van der Waals surface area contributed by atoms with Crippen LogP contribution >= 0.6 is 0 Å². The van der Waals surface area contributed by atoms with Gasteiger partial charge in [-0.05, 0) is 42.7 Å². The van der Waals surface area contributed by atoms with Crippen LogP contribution in [-0.2, 0) is 6.42 Å². The molecule has 1 atom stereocenters. The van der Waals surface area contributed by atoms with Crippen molar-refractivity contribution in [2.24, 2.45) is 17.7 Å². The second kappa shape index (κ2) is 6.22. The zero-order valence-electron chi connectivity index (χ0n) is 10.7. The van der Waals surface area contributed by atoms with E-state index >= 15 is 0 Å². The summed E-state index contributed by atoms with van der Waals surface area (Å²) in [5, 5.41) is 0. The van der Waals surface area contributed by atoms with Crippen molar-refractivity contribution >= 4 is 0 Å². The topological polar surface area (TPSA) is 51.2 Å². The van der Waals surface area contributed by atoms with E-state index in [1.807, 2.05) is 12.3 Å². The van der Waals surface area contributed by atoms with E-state index in [-0.39, 0.29) is 0 Å². The summed E-state index contributed by atoms with van der Waals surface area (Å²) < 4.78 is 5.11. The summed E-state index contributed by atoms with van der Waals surface area (Å²) in [5.41, 5.74) is 4.24. The first-order valence-corrected chi connectivity index (χ1v) is 6.80. The fraction of sp³-hybridized carbons (Fsp3) is 0.714. The summed E-state index contributed by atoms with van der Waals surface area (Å²) in [4.78, 5) is 0. The molecule has 1 heterocycles. The minimum Gasteiger partial charge on any atom is -0.472 e. The first-order chi connectivity index (χ1) is 8.33. The van der Waals surface area contributed by atoms with Gasteiger partial charge in [0, 0.05) is 6.04 Å². The first kappa shape index (κ1) is 12.7. The predicted octanol–water partition coefficient (Wildman–Crippen LogP) is 2.87. The molecule has 3 nitrogen and oxygen atoms in total.